The predicted octanol–water partition coefficient (Wildman–Crippen LogP) is 3.15. The van der Waals surface area contributed by atoms with Crippen LogP contribution in [0.3, 0.4) is 0 Å². The Morgan fingerprint density at radius 1 is 1.04 bits per heavy atom. The number of amides is 1. The minimum Gasteiger partial charge on any atom is -0.444 e. The van der Waals surface area contributed by atoms with Crippen molar-refractivity contribution in [1.82, 2.24) is 4.90 Å². The van der Waals surface area contributed by atoms with E-state index in [0.717, 1.165) is 11.1 Å². The summed E-state index contributed by atoms with van der Waals surface area (Å²) in [6, 6.07) is 16.8. The van der Waals surface area contributed by atoms with Gasteiger partial charge in [-0.25, -0.2) is 4.79 Å². The number of hydrogen-bond donors (Lipinski definition) is 0. The third-order valence-electron chi connectivity index (χ3n) is 4.47. The van der Waals surface area contributed by atoms with Gasteiger partial charge in [-0.2, -0.15) is 0 Å². The Morgan fingerprint density at radius 3 is 2.41 bits per heavy atom. The minimum atomic E-state index is -0.960. The molecule has 1 heterocycles. The van der Waals surface area contributed by atoms with Crippen LogP contribution in [0.25, 0.3) is 6.08 Å². The lowest BCUT2D eigenvalue weighted by atomic mass is 10.1. The number of nitrogens with zero attached hydrogens (tertiary/aromatic N) is 1. The number of hydrogen-bond acceptors (Lipinski definition) is 4. The Morgan fingerprint density at radius 2 is 1.70 bits per heavy atom. The normalized spacial score (nSPS) is 15.5. The molecule has 1 aliphatic heterocycles. The van der Waals surface area contributed by atoms with Gasteiger partial charge in [0.2, 0.25) is 6.10 Å². The molecule has 0 unspecified atom stereocenters. The maximum atomic E-state index is 12.9. The highest BCUT2D eigenvalue weighted by atomic mass is 16.5. The first-order valence-corrected chi connectivity index (χ1v) is 9.01. The minimum absolute atomic E-state index is 0.220. The maximum absolute atomic E-state index is 12.9. The molecule has 5 nitrogen and oxygen atoms in total. The molecule has 1 aliphatic rings. The van der Waals surface area contributed by atoms with Crippen molar-refractivity contribution in [1.29, 1.82) is 0 Å². The molecule has 2 aromatic carbocycles. The van der Waals surface area contributed by atoms with Gasteiger partial charge in [-0.05, 0) is 24.1 Å². The van der Waals surface area contributed by atoms with E-state index in [-0.39, 0.29) is 5.91 Å². The van der Waals surface area contributed by atoms with Crippen LogP contribution in [0.15, 0.2) is 60.7 Å². The molecular formula is C22H23NO4. The van der Waals surface area contributed by atoms with E-state index in [1.54, 1.807) is 23.1 Å². The van der Waals surface area contributed by atoms with Gasteiger partial charge in [-0.3, -0.25) is 4.79 Å². The third kappa shape index (κ3) is 5.05. The quantitative estimate of drug-likeness (QED) is 0.603. The van der Waals surface area contributed by atoms with Crippen LogP contribution < -0.4 is 0 Å². The van der Waals surface area contributed by atoms with Crippen molar-refractivity contribution in [2.45, 2.75) is 13.0 Å². The van der Waals surface area contributed by atoms with Crippen LogP contribution in [0.5, 0.6) is 0 Å². The third-order valence-corrected chi connectivity index (χ3v) is 4.47. The second-order valence-electron chi connectivity index (χ2n) is 6.36. The van der Waals surface area contributed by atoms with Crippen LogP contribution in [0.1, 0.15) is 22.8 Å². The molecule has 0 radical (unpaired) electrons. The summed E-state index contributed by atoms with van der Waals surface area (Å²) < 4.78 is 10.9. The van der Waals surface area contributed by atoms with Gasteiger partial charge in [-0.15, -0.1) is 0 Å². The second kappa shape index (κ2) is 9.14. The number of carbonyl (C=O) groups excluding carboxylic acids is 2. The highest BCUT2D eigenvalue weighted by Gasteiger charge is 2.29. The summed E-state index contributed by atoms with van der Waals surface area (Å²) in [7, 11) is 0. The molecular weight excluding hydrogens is 342 g/mol. The zero-order chi connectivity index (χ0) is 19.1. The van der Waals surface area contributed by atoms with E-state index in [1.165, 1.54) is 6.08 Å². The number of rotatable bonds is 5. The summed E-state index contributed by atoms with van der Waals surface area (Å²) in [5.74, 6) is -0.768. The van der Waals surface area contributed by atoms with Crippen molar-refractivity contribution in [2.75, 3.05) is 26.3 Å². The summed E-state index contributed by atoms with van der Waals surface area (Å²) >= 11 is 0. The van der Waals surface area contributed by atoms with E-state index in [4.69, 9.17) is 9.47 Å². The zero-order valence-corrected chi connectivity index (χ0v) is 15.3. The van der Waals surface area contributed by atoms with Crippen LogP contribution >= 0.6 is 0 Å². The van der Waals surface area contributed by atoms with Crippen molar-refractivity contribution in [3.05, 3.63) is 77.4 Å². The smallest absolute Gasteiger partial charge is 0.331 e. The lowest BCUT2D eigenvalue weighted by Gasteiger charge is -2.30. The summed E-state index contributed by atoms with van der Waals surface area (Å²) in [4.78, 5) is 27.0. The Balaban J connectivity index is 1.75. The monoisotopic (exact) mass is 365 g/mol. The van der Waals surface area contributed by atoms with Crippen LogP contribution in [0.4, 0.5) is 0 Å². The van der Waals surface area contributed by atoms with Gasteiger partial charge in [-0.1, -0.05) is 54.6 Å². The first kappa shape index (κ1) is 18.9. The number of morpholine rings is 1. The van der Waals surface area contributed by atoms with Crippen molar-refractivity contribution < 1.29 is 19.1 Å². The van der Waals surface area contributed by atoms with E-state index in [1.807, 2.05) is 49.4 Å². The fraction of sp³-hybridized carbons (Fsp3) is 0.273. The molecule has 0 spiro atoms. The Kier molecular flexibility index (Phi) is 6.39. The van der Waals surface area contributed by atoms with Crippen LogP contribution in [0, 0.1) is 6.92 Å². The van der Waals surface area contributed by atoms with Gasteiger partial charge in [0.25, 0.3) is 5.91 Å². The van der Waals surface area contributed by atoms with E-state index < -0.39 is 12.1 Å². The standard InChI is InChI=1S/C22H23NO4/c1-17-7-5-6-8-18(17)11-12-20(24)27-21(19-9-3-2-4-10-19)22(25)23-13-15-26-16-14-23/h2-12,21H,13-16H2,1H3/b12-11+/t21-/m1/s1. The number of aryl methyl sites for hydroxylation is 1. The van der Waals surface area contributed by atoms with Crippen molar-refractivity contribution >= 4 is 18.0 Å². The largest absolute Gasteiger partial charge is 0.444 e. The SMILES string of the molecule is Cc1ccccc1/C=C/C(=O)O[C@@H](C(=O)N1CCOCC1)c1ccccc1. The zero-order valence-electron chi connectivity index (χ0n) is 15.3. The summed E-state index contributed by atoms with van der Waals surface area (Å²) in [6.07, 6.45) is 2.11. The summed E-state index contributed by atoms with van der Waals surface area (Å²) in [6.45, 7) is 3.96. The molecule has 1 amide bonds. The van der Waals surface area contributed by atoms with E-state index in [9.17, 15) is 9.59 Å². The van der Waals surface area contributed by atoms with E-state index in [2.05, 4.69) is 0 Å². The molecule has 140 valence electrons. The van der Waals surface area contributed by atoms with Gasteiger partial charge in [0, 0.05) is 24.7 Å². The Bertz CT molecular complexity index is 810. The number of esters is 1. The fourth-order valence-electron chi connectivity index (χ4n) is 2.93. The van der Waals surface area contributed by atoms with Crippen LogP contribution in [0.2, 0.25) is 0 Å². The lowest BCUT2D eigenvalue weighted by molar-refractivity contribution is -0.159. The van der Waals surface area contributed by atoms with Crippen molar-refractivity contribution in [3.63, 3.8) is 0 Å². The Hall–Kier alpha value is -2.92. The first-order chi connectivity index (χ1) is 13.1. The number of ether oxygens (including phenoxy) is 2. The first-order valence-electron chi connectivity index (χ1n) is 9.01. The molecule has 3 rings (SSSR count). The highest BCUT2D eigenvalue weighted by Crippen LogP contribution is 2.21. The molecule has 0 saturated carbocycles. The summed E-state index contributed by atoms with van der Waals surface area (Å²) in [5.41, 5.74) is 2.66. The van der Waals surface area contributed by atoms with Gasteiger partial charge in [0.15, 0.2) is 0 Å². The second-order valence-corrected chi connectivity index (χ2v) is 6.36. The topological polar surface area (TPSA) is 55.8 Å². The molecule has 0 aliphatic carbocycles. The molecule has 2 aromatic rings. The maximum Gasteiger partial charge on any atom is 0.331 e. The van der Waals surface area contributed by atoms with Gasteiger partial charge >= 0.3 is 5.97 Å². The number of benzene rings is 2. The van der Waals surface area contributed by atoms with E-state index >= 15 is 0 Å². The van der Waals surface area contributed by atoms with Gasteiger partial charge < -0.3 is 14.4 Å². The van der Waals surface area contributed by atoms with Crippen LogP contribution in [-0.2, 0) is 19.1 Å². The average molecular weight is 365 g/mol. The average Bonchev–Trinajstić information content (AvgIpc) is 2.72. The molecule has 27 heavy (non-hydrogen) atoms. The van der Waals surface area contributed by atoms with Crippen molar-refractivity contribution in [3.8, 4) is 0 Å². The van der Waals surface area contributed by atoms with Crippen LogP contribution in [-0.4, -0.2) is 43.1 Å². The molecule has 1 atom stereocenters. The van der Waals surface area contributed by atoms with Gasteiger partial charge in [0.1, 0.15) is 0 Å². The molecule has 1 saturated heterocycles. The summed E-state index contributed by atoms with van der Waals surface area (Å²) in [5, 5.41) is 0. The molecule has 5 heteroatoms. The fourth-order valence-corrected chi connectivity index (χ4v) is 2.93. The predicted molar refractivity (Wildman–Crippen MR) is 103 cm³/mol. The van der Waals surface area contributed by atoms with Gasteiger partial charge in [0.05, 0.1) is 13.2 Å². The van der Waals surface area contributed by atoms with E-state index in [0.29, 0.717) is 31.9 Å². The Labute approximate surface area is 159 Å². The molecule has 0 N–H and O–H groups in total. The highest BCUT2D eigenvalue weighted by molar-refractivity contribution is 5.91. The molecule has 0 bridgehead atoms. The molecule has 1 fully saturated rings. The van der Waals surface area contributed by atoms with Crippen molar-refractivity contribution in [2.24, 2.45) is 0 Å². The molecule has 0 aromatic heterocycles. The lowest BCUT2D eigenvalue weighted by Crippen LogP contribution is -2.44. The number of carbonyl (C=O) groups is 2.